The maximum absolute atomic E-state index is 15.5. The van der Waals surface area contributed by atoms with Crippen molar-refractivity contribution in [3.63, 3.8) is 0 Å². The first-order chi connectivity index (χ1) is 14.5. The van der Waals surface area contributed by atoms with E-state index in [2.05, 4.69) is 13.5 Å². The van der Waals surface area contributed by atoms with Crippen LogP contribution in [0.15, 0.2) is 30.9 Å². The van der Waals surface area contributed by atoms with Gasteiger partial charge in [-0.15, -0.1) is 6.58 Å². The van der Waals surface area contributed by atoms with E-state index < -0.39 is 11.6 Å². The summed E-state index contributed by atoms with van der Waals surface area (Å²) in [4.78, 5) is 0. The number of fused-ring (bicyclic) bond motifs is 4. The Hall–Kier alpha value is -2.03. The summed E-state index contributed by atoms with van der Waals surface area (Å²) in [5, 5.41) is 0. The van der Waals surface area contributed by atoms with Crippen LogP contribution in [0.3, 0.4) is 0 Å². The molecule has 3 aliphatic carbocycles. The molecule has 2 aromatic carbocycles. The molecule has 0 heterocycles. The van der Waals surface area contributed by atoms with Gasteiger partial charge in [0.05, 0.1) is 0 Å². The van der Waals surface area contributed by atoms with E-state index in [-0.39, 0.29) is 28.8 Å². The number of halogens is 3. The molecule has 0 aliphatic heterocycles. The molecule has 3 heteroatoms. The van der Waals surface area contributed by atoms with E-state index in [1.807, 2.05) is 18.2 Å². The van der Waals surface area contributed by atoms with Crippen LogP contribution in [0.2, 0.25) is 0 Å². The van der Waals surface area contributed by atoms with Crippen LogP contribution in [0, 0.1) is 29.3 Å². The Morgan fingerprint density at radius 2 is 1.33 bits per heavy atom. The summed E-state index contributed by atoms with van der Waals surface area (Å²) in [6.45, 7) is 6.08. The second-order valence-corrected chi connectivity index (χ2v) is 9.71. The van der Waals surface area contributed by atoms with Gasteiger partial charge in [0.1, 0.15) is 5.82 Å². The predicted octanol–water partition coefficient (Wildman–Crippen LogP) is 8.50. The predicted molar refractivity (Wildman–Crippen MR) is 116 cm³/mol. The highest BCUT2D eigenvalue weighted by atomic mass is 19.2. The average molecular weight is 411 g/mol. The summed E-state index contributed by atoms with van der Waals surface area (Å²) in [7, 11) is 0. The van der Waals surface area contributed by atoms with Crippen LogP contribution in [-0.2, 0) is 0 Å². The van der Waals surface area contributed by atoms with Crippen molar-refractivity contribution < 1.29 is 13.2 Å². The van der Waals surface area contributed by atoms with Crippen LogP contribution in [0.1, 0.15) is 81.3 Å². The Labute approximate surface area is 177 Å². The van der Waals surface area contributed by atoms with Gasteiger partial charge in [0.2, 0.25) is 0 Å². The SMILES string of the molecule is C=CC1CCC(c2ccc3c(c2F)-c2c-3cc(C3CCC(C)CC3)c(F)c2F)CC1. The second kappa shape index (κ2) is 7.59. The van der Waals surface area contributed by atoms with Gasteiger partial charge >= 0.3 is 0 Å². The highest BCUT2D eigenvalue weighted by Crippen LogP contribution is 2.54. The molecule has 2 aromatic rings. The lowest BCUT2D eigenvalue weighted by Crippen LogP contribution is -2.17. The summed E-state index contributed by atoms with van der Waals surface area (Å²) in [5.74, 6) is -0.615. The molecule has 0 spiro atoms. The number of allylic oxidation sites excluding steroid dienone is 1. The first-order valence-electron chi connectivity index (χ1n) is 11.5. The number of hydrogen-bond donors (Lipinski definition) is 0. The molecule has 158 valence electrons. The van der Waals surface area contributed by atoms with E-state index in [0.29, 0.717) is 28.5 Å². The van der Waals surface area contributed by atoms with Crippen LogP contribution >= 0.6 is 0 Å². The molecule has 2 fully saturated rings. The molecular weight excluding hydrogens is 381 g/mol. The van der Waals surface area contributed by atoms with E-state index in [1.54, 1.807) is 6.07 Å². The van der Waals surface area contributed by atoms with Crippen molar-refractivity contribution >= 4 is 0 Å². The van der Waals surface area contributed by atoms with Gasteiger partial charge in [0.15, 0.2) is 11.6 Å². The molecule has 3 aliphatic rings. The summed E-state index contributed by atoms with van der Waals surface area (Å²) in [5.41, 5.74) is 2.99. The van der Waals surface area contributed by atoms with E-state index in [1.165, 1.54) is 0 Å². The van der Waals surface area contributed by atoms with E-state index in [4.69, 9.17) is 0 Å². The summed E-state index contributed by atoms with van der Waals surface area (Å²) >= 11 is 0. The minimum Gasteiger partial charge on any atom is -0.206 e. The molecule has 0 unspecified atom stereocenters. The minimum absolute atomic E-state index is 0.0641. The van der Waals surface area contributed by atoms with Gasteiger partial charge in [-0.05, 0) is 90.5 Å². The molecule has 0 amide bonds. The zero-order chi connectivity index (χ0) is 21.0. The number of benzene rings is 2. The maximum atomic E-state index is 15.5. The fourth-order valence-electron chi connectivity index (χ4n) is 5.95. The Morgan fingerprint density at radius 3 is 2.00 bits per heavy atom. The average Bonchev–Trinajstić information content (AvgIpc) is 2.75. The minimum atomic E-state index is -0.861. The third-order valence-electron chi connectivity index (χ3n) is 7.95. The van der Waals surface area contributed by atoms with Crippen LogP contribution in [-0.4, -0.2) is 0 Å². The molecule has 0 N–H and O–H groups in total. The summed E-state index contributed by atoms with van der Waals surface area (Å²) in [6.07, 6.45) is 9.71. The molecule has 30 heavy (non-hydrogen) atoms. The molecule has 0 saturated heterocycles. The molecule has 0 atom stereocenters. The van der Waals surface area contributed by atoms with Gasteiger partial charge in [0.25, 0.3) is 0 Å². The van der Waals surface area contributed by atoms with Crippen molar-refractivity contribution in [1.29, 1.82) is 0 Å². The quantitative estimate of drug-likeness (QED) is 0.380. The maximum Gasteiger partial charge on any atom is 0.167 e. The Bertz CT molecular complexity index is 990. The summed E-state index contributed by atoms with van der Waals surface area (Å²) < 4.78 is 45.6. The van der Waals surface area contributed by atoms with Crippen LogP contribution in [0.5, 0.6) is 0 Å². The van der Waals surface area contributed by atoms with Gasteiger partial charge in [-0.2, -0.15) is 0 Å². The second-order valence-electron chi connectivity index (χ2n) is 9.71. The fourth-order valence-corrected chi connectivity index (χ4v) is 5.95. The Balaban J connectivity index is 1.48. The first kappa shape index (κ1) is 19.9. The zero-order valence-electron chi connectivity index (χ0n) is 17.6. The number of hydrogen-bond acceptors (Lipinski definition) is 0. The van der Waals surface area contributed by atoms with Crippen LogP contribution < -0.4 is 0 Å². The zero-order valence-corrected chi connectivity index (χ0v) is 17.6. The fraction of sp³-hybridized carbons (Fsp3) is 0.481. The third kappa shape index (κ3) is 3.04. The molecule has 2 saturated carbocycles. The van der Waals surface area contributed by atoms with Crippen molar-refractivity contribution in [1.82, 2.24) is 0 Å². The van der Waals surface area contributed by atoms with Gasteiger partial charge in [-0.1, -0.05) is 38.0 Å². The molecule has 0 bridgehead atoms. The van der Waals surface area contributed by atoms with E-state index in [0.717, 1.165) is 56.9 Å². The molecule has 0 nitrogen and oxygen atoms in total. The van der Waals surface area contributed by atoms with Gasteiger partial charge in [0, 0.05) is 11.1 Å². The normalized spacial score (nSPS) is 27.7. The Kier molecular flexibility index (Phi) is 5.03. The van der Waals surface area contributed by atoms with Crippen molar-refractivity contribution in [2.75, 3.05) is 0 Å². The Morgan fingerprint density at radius 1 is 0.733 bits per heavy atom. The standard InChI is InChI=1S/C27H29F3/c1-3-16-6-10-17(11-7-16)19-12-13-20-22-14-21(18-8-4-15(2)5-9-18)26(29)27(30)24(22)23(20)25(19)28/h3,12-18H,1,4-11H2,2H3. The highest BCUT2D eigenvalue weighted by Gasteiger charge is 2.36. The highest BCUT2D eigenvalue weighted by molar-refractivity contribution is 6.03. The lowest BCUT2D eigenvalue weighted by atomic mass is 9.72. The smallest absolute Gasteiger partial charge is 0.167 e. The van der Waals surface area contributed by atoms with E-state index >= 15 is 13.2 Å². The molecule has 5 rings (SSSR count). The molecule has 0 aromatic heterocycles. The third-order valence-corrected chi connectivity index (χ3v) is 7.95. The van der Waals surface area contributed by atoms with Crippen molar-refractivity contribution in [3.05, 3.63) is 59.4 Å². The number of rotatable bonds is 3. The van der Waals surface area contributed by atoms with Gasteiger partial charge in [-0.25, -0.2) is 13.2 Å². The van der Waals surface area contributed by atoms with Crippen LogP contribution in [0.25, 0.3) is 22.3 Å². The van der Waals surface area contributed by atoms with Gasteiger partial charge < -0.3 is 0 Å². The van der Waals surface area contributed by atoms with Crippen molar-refractivity contribution in [2.24, 2.45) is 11.8 Å². The summed E-state index contributed by atoms with van der Waals surface area (Å²) in [6, 6.07) is 5.59. The lowest BCUT2D eigenvalue weighted by Gasteiger charge is -2.33. The largest absolute Gasteiger partial charge is 0.206 e. The van der Waals surface area contributed by atoms with Gasteiger partial charge in [-0.3, -0.25) is 0 Å². The van der Waals surface area contributed by atoms with Crippen molar-refractivity contribution in [3.8, 4) is 22.3 Å². The molecular formula is C27H29F3. The first-order valence-corrected chi connectivity index (χ1v) is 11.5. The molecule has 0 radical (unpaired) electrons. The van der Waals surface area contributed by atoms with E-state index in [9.17, 15) is 0 Å². The van der Waals surface area contributed by atoms with Crippen molar-refractivity contribution in [2.45, 2.75) is 70.1 Å². The lowest BCUT2D eigenvalue weighted by molar-refractivity contribution is 0.339. The topological polar surface area (TPSA) is 0 Å². The van der Waals surface area contributed by atoms with Crippen LogP contribution in [0.4, 0.5) is 13.2 Å². The monoisotopic (exact) mass is 410 g/mol.